The lowest BCUT2D eigenvalue weighted by atomic mass is 10.1. The SMILES string of the molecule is Br.COc1ccc(C(=O)CN(C2=NCCCS2)c2ccc(C)cc2)cc1OC. The maximum Gasteiger partial charge on any atom is 0.182 e. The van der Waals surface area contributed by atoms with E-state index in [2.05, 4.69) is 24.0 Å². The molecule has 2 aromatic carbocycles. The quantitative estimate of drug-likeness (QED) is 0.576. The van der Waals surface area contributed by atoms with Crippen molar-refractivity contribution in [3.05, 3.63) is 53.6 Å². The van der Waals surface area contributed by atoms with Crippen LogP contribution in [0.15, 0.2) is 47.5 Å². The van der Waals surface area contributed by atoms with Crippen LogP contribution in [0.5, 0.6) is 11.5 Å². The third-order valence-corrected chi connectivity index (χ3v) is 5.46. The van der Waals surface area contributed by atoms with Crippen molar-refractivity contribution in [2.45, 2.75) is 13.3 Å². The zero-order valence-electron chi connectivity index (χ0n) is 16.3. The number of carbonyl (C=O) groups excluding carboxylic acids is 1. The van der Waals surface area contributed by atoms with E-state index in [1.807, 2.05) is 17.0 Å². The van der Waals surface area contributed by atoms with Crippen molar-refractivity contribution in [3.63, 3.8) is 0 Å². The Hall–Kier alpha value is -1.99. The van der Waals surface area contributed by atoms with Crippen LogP contribution in [0, 0.1) is 6.92 Å². The largest absolute Gasteiger partial charge is 0.493 e. The molecule has 150 valence electrons. The van der Waals surface area contributed by atoms with Gasteiger partial charge in [0.2, 0.25) is 0 Å². The summed E-state index contributed by atoms with van der Waals surface area (Å²) in [4.78, 5) is 19.7. The number of hydrogen-bond acceptors (Lipinski definition) is 6. The summed E-state index contributed by atoms with van der Waals surface area (Å²) in [7, 11) is 3.15. The number of methoxy groups -OCH3 is 2. The summed E-state index contributed by atoms with van der Waals surface area (Å²) < 4.78 is 10.6. The van der Waals surface area contributed by atoms with Gasteiger partial charge in [-0.05, 0) is 43.7 Å². The van der Waals surface area contributed by atoms with Crippen LogP contribution in [-0.2, 0) is 0 Å². The molecule has 0 N–H and O–H groups in total. The van der Waals surface area contributed by atoms with Gasteiger partial charge in [-0.25, -0.2) is 0 Å². The van der Waals surface area contributed by atoms with Crippen molar-refractivity contribution in [2.75, 3.05) is 38.0 Å². The van der Waals surface area contributed by atoms with Crippen LogP contribution >= 0.6 is 28.7 Å². The number of aryl methyl sites for hydroxylation is 1. The number of aliphatic imine (C=N–C) groups is 1. The van der Waals surface area contributed by atoms with Crippen molar-refractivity contribution in [2.24, 2.45) is 4.99 Å². The second-order valence-electron chi connectivity index (χ2n) is 6.28. The fourth-order valence-corrected chi connectivity index (χ4v) is 3.81. The Kier molecular flexibility index (Phi) is 8.38. The summed E-state index contributed by atoms with van der Waals surface area (Å²) >= 11 is 1.70. The van der Waals surface area contributed by atoms with E-state index < -0.39 is 0 Å². The van der Waals surface area contributed by atoms with E-state index in [1.165, 1.54) is 5.56 Å². The van der Waals surface area contributed by atoms with Gasteiger partial charge in [0, 0.05) is 23.5 Å². The molecule has 0 bridgehead atoms. The first kappa shape index (κ1) is 22.3. The van der Waals surface area contributed by atoms with Gasteiger partial charge < -0.3 is 14.4 Å². The first-order valence-corrected chi connectivity index (χ1v) is 9.87. The maximum absolute atomic E-state index is 13.0. The molecule has 0 amide bonds. The van der Waals surface area contributed by atoms with Crippen molar-refractivity contribution < 1.29 is 14.3 Å². The molecule has 0 unspecified atom stereocenters. The third kappa shape index (κ3) is 5.29. The van der Waals surface area contributed by atoms with E-state index in [1.54, 1.807) is 44.2 Å². The second-order valence-corrected chi connectivity index (χ2v) is 7.34. The lowest BCUT2D eigenvalue weighted by Gasteiger charge is -2.27. The molecule has 3 rings (SSSR count). The normalized spacial score (nSPS) is 13.2. The molecule has 0 aromatic heterocycles. The lowest BCUT2D eigenvalue weighted by molar-refractivity contribution is 0.100. The Labute approximate surface area is 180 Å². The van der Waals surface area contributed by atoms with Gasteiger partial charge in [0.15, 0.2) is 22.4 Å². The first-order chi connectivity index (χ1) is 13.1. The second kappa shape index (κ2) is 10.5. The minimum absolute atomic E-state index is 0. The van der Waals surface area contributed by atoms with Crippen molar-refractivity contribution in [1.29, 1.82) is 0 Å². The Morgan fingerprint density at radius 3 is 2.43 bits per heavy atom. The van der Waals surface area contributed by atoms with Gasteiger partial charge in [-0.15, -0.1) is 17.0 Å². The monoisotopic (exact) mass is 464 g/mol. The fourth-order valence-electron chi connectivity index (χ4n) is 2.85. The highest BCUT2D eigenvalue weighted by Gasteiger charge is 2.21. The summed E-state index contributed by atoms with van der Waals surface area (Å²) in [6.45, 7) is 3.08. The number of ketones is 1. The lowest BCUT2D eigenvalue weighted by Crippen LogP contribution is -2.35. The Bertz CT molecular complexity index is 840. The molecule has 28 heavy (non-hydrogen) atoms. The number of halogens is 1. The van der Waals surface area contributed by atoms with Crippen LogP contribution in [0.4, 0.5) is 5.69 Å². The maximum atomic E-state index is 13.0. The Morgan fingerprint density at radius 2 is 1.82 bits per heavy atom. The molecule has 5 nitrogen and oxygen atoms in total. The van der Waals surface area contributed by atoms with Gasteiger partial charge in [-0.2, -0.15) is 0 Å². The van der Waals surface area contributed by atoms with E-state index >= 15 is 0 Å². The molecule has 0 saturated heterocycles. The standard InChI is InChI=1S/C21H24N2O3S.BrH/c1-15-5-8-17(9-6-15)23(21-22-11-4-12-27-21)14-18(24)16-7-10-19(25-2)20(13-16)26-3;/h5-10,13H,4,11-12,14H2,1-3H3;1H. The number of nitrogens with zero attached hydrogens (tertiary/aromatic N) is 2. The number of thioether (sulfide) groups is 1. The van der Waals surface area contributed by atoms with E-state index in [-0.39, 0.29) is 29.3 Å². The van der Waals surface area contributed by atoms with Gasteiger partial charge >= 0.3 is 0 Å². The van der Waals surface area contributed by atoms with Crippen molar-refractivity contribution in [3.8, 4) is 11.5 Å². The van der Waals surface area contributed by atoms with Gasteiger partial charge in [0.1, 0.15) is 0 Å². The van der Waals surface area contributed by atoms with Gasteiger partial charge in [-0.3, -0.25) is 9.79 Å². The van der Waals surface area contributed by atoms with E-state index in [0.29, 0.717) is 17.1 Å². The predicted octanol–water partition coefficient (Wildman–Crippen LogP) is 4.77. The molecule has 0 spiro atoms. The highest BCUT2D eigenvalue weighted by molar-refractivity contribution is 8.93. The molecule has 0 radical (unpaired) electrons. The molecular weight excluding hydrogens is 440 g/mol. The molecule has 1 heterocycles. The zero-order valence-corrected chi connectivity index (χ0v) is 18.8. The number of anilines is 1. The molecule has 0 saturated carbocycles. The van der Waals surface area contributed by atoms with Crippen molar-refractivity contribution in [1.82, 2.24) is 0 Å². The fraction of sp³-hybridized carbons (Fsp3) is 0.333. The first-order valence-electron chi connectivity index (χ1n) is 8.89. The molecule has 2 aromatic rings. The molecule has 0 fully saturated rings. The number of carbonyl (C=O) groups is 1. The van der Waals surface area contributed by atoms with E-state index in [4.69, 9.17) is 9.47 Å². The van der Waals surface area contributed by atoms with Crippen LogP contribution in [-0.4, -0.2) is 44.0 Å². The third-order valence-electron chi connectivity index (χ3n) is 4.36. The van der Waals surface area contributed by atoms with Crippen LogP contribution in [0.25, 0.3) is 0 Å². The predicted molar refractivity (Wildman–Crippen MR) is 122 cm³/mol. The number of amidine groups is 1. The van der Waals surface area contributed by atoms with Gasteiger partial charge in [-0.1, -0.05) is 29.5 Å². The summed E-state index contributed by atoms with van der Waals surface area (Å²) in [6, 6.07) is 13.4. The number of rotatable bonds is 6. The van der Waals surface area contributed by atoms with E-state index in [9.17, 15) is 4.79 Å². The average molecular weight is 465 g/mol. The molecule has 7 heteroatoms. The summed E-state index contributed by atoms with van der Waals surface area (Å²) in [5.41, 5.74) is 2.75. The number of ether oxygens (including phenoxy) is 2. The number of Topliss-reactive ketones (excluding diaryl/α,β-unsaturated/α-hetero) is 1. The molecular formula is C21H25BrN2O3S. The zero-order chi connectivity index (χ0) is 19.2. The molecule has 1 aliphatic heterocycles. The molecule has 0 aliphatic carbocycles. The molecule has 0 atom stereocenters. The summed E-state index contributed by atoms with van der Waals surface area (Å²) in [6.07, 6.45) is 1.07. The van der Waals surface area contributed by atoms with E-state index in [0.717, 1.165) is 29.6 Å². The van der Waals surface area contributed by atoms with Crippen LogP contribution < -0.4 is 14.4 Å². The van der Waals surface area contributed by atoms with Crippen molar-refractivity contribution >= 4 is 45.4 Å². The van der Waals surface area contributed by atoms with Gasteiger partial charge in [0.25, 0.3) is 0 Å². The highest BCUT2D eigenvalue weighted by Crippen LogP contribution is 2.29. The minimum atomic E-state index is 0. The molecule has 1 aliphatic rings. The van der Waals surface area contributed by atoms with Crippen LogP contribution in [0.1, 0.15) is 22.3 Å². The Balaban J connectivity index is 0.00000280. The highest BCUT2D eigenvalue weighted by atomic mass is 79.9. The minimum Gasteiger partial charge on any atom is -0.493 e. The van der Waals surface area contributed by atoms with Crippen LogP contribution in [0.3, 0.4) is 0 Å². The average Bonchev–Trinajstić information content (AvgIpc) is 2.72. The number of hydrogen-bond donors (Lipinski definition) is 0. The van der Waals surface area contributed by atoms with Crippen LogP contribution in [0.2, 0.25) is 0 Å². The van der Waals surface area contributed by atoms with Gasteiger partial charge in [0.05, 0.1) is 20.8 Å². The Morgan fingerprint density at radius 1 is 1.11 bits per heavy atom. The topological polar surface area (TPSA) is 51.1 Å². The summed E-state index contributed by atoms with van der Waals surface area (Å²) in [5.74, 6) is 2.18. The summed E-state index contributed by atoms with van der Waals surface area (Å²) in [5, 5.41) is 0.902. The number of benzene rings is 2. The smallest absolute Gasteiger partial charge is 0.182 e.